The summed E-state index contributed by atoms with van der Waals surface area (Å²) in [5.41, 5.74) is -0.334. The molecule has 1 aliphatic heterocycles. The first-order valence-corrected chi connectivity index (χ1v) is 13.0. The third-order valence-electron chi connectivity index (χ3n) is 5.89. The zero-order valence-electron chi connectivity index (χ0n) is 17.0. The van der Waals surface area contributed by atoms with E-state index in [1.807, 2.05) is 17.5 Å². The number of carbonyl (C=O) groups excluding carboxylic acids is 1. The number of nitrogens with one attached hydrogen (secondary N) is 1. The van der Waals surface area contributed by atoms with E-state index in [1.54, 1.807) is 4.57 Å². The Morgan fingerprint density at radius 1 is 1.23 bits per heavy atom. The molecule has 1 saturated heterocycles. The number of sulfonamides is 1. The minimum Gasteiger partial charge on any atom is -0.352 e. The summed E-state index contributed by atoms with van der Waals surface area (Å²) in [6.45, 7) is 0.692. The Hall–Kier alpha value is -1.98. The van der Waals surface area contributed by atoms with Gasteiger partial charge in [0, 0.05) is 25.0 Å². The number of amides is 1. The number of hydrogen-bond donors (Lipinski definition) is 1. The average molecular weight is 454 g/mol. The number of carbonyl (C=O) groups is 1. The zero-order chi connectivity index (χ0) is 21.3. The van der Waals surface area contributed by atoms with Gasteiger partial charge in [0.1, 0.15) is 17.4 Å². The monoisotopic (exact) mass is 453 g/mol. The maximum absolute atomic E-state index is 13.1. The predicted molar refractivity (Wildman–Crippen MR) is 114 cm³/mol. The molecule has 0 atom stereocenters. The number of rotatable bonds is 6. The molecule has 11 heteroatoms. The van der Waals surface area contributed by atoms with E-state index in [-0.39, 0.29) is 30.1 Å². The molecule has 2 aromatic heterocycles. The Labute approximate surface area is 179 Å². The van der Waals surface area contributed by atoms with Crippen LogP contribution >= 0.6 is 11.3 Å². The Balaban J connectivity index is 1.57. The second-order valence-electron chi connectivity index (χ2n) is 8.07. The molecule has 2 aromatic rings. The number of nitrogens with zero attached hydrogens (tertiary/aromatic N) is 4. The SMILES string of the molecule is CS(=O)(=O)N1CCC(c2nn(CC(=O)NC3CCCC3)c(=O)n2-c2cccs2)CC1. The first-order chi connectivity index (χ1) is 14.3. The Morgan fingerprint density at radius 2 is 1.93 bits per heavy atom. The molecule has 0 spiro atoms. The molecule has 3 heterocycles. The second kappa shape index (κ2) is 8.64. The molecule has 2 aliphatic rings. The van der Waals surface area contributed by atoms with Crippen LogP contribution in [-0.2, 0) is 21.4 Å². The van der Waals surface area contributed by atoms with Crippen LogP contribution in [0.5, 0.6) is 0 Å². The van der Waals surface area contributed by atoms with E-state index >= 15 is 0 Å². The summed E-state index contributed by atoms with van der Waals surface area (Å²) in [4.78, 5) is 25.6. The van der Waals surface area contributed by atoms with Gasteiger partial charge in [0.05, 0.1) is 6.26 Å². The van der Waals surface area contributed by atoms with E-state index in [4.69, 9.17) is 0 Å². The summed E-state index contributed by atoms with van der Waals surface area (Å²) in [5, 5.41) is 10.2. The molecule has 0 aromatic carbocycles. The smallest absolute Gasteiger partial charge is 0.351 e. The largest absolute Gasteiger partial charge is 0.352 e. The Bertz CT molecular complexity index is 1040. The molecule has 2 fully saturated rings. The van der Waals surface area contributed by atoms with Crippen LogP contribution in [-0.4, -0.2) is 58.4 Å². The van der Waals surface area contributed by atoms with Crippen molar-refractivity contribution >= 4 is 27.3 Å². The highest BCUT2D eigenvalue weighted by Gasteiger charge is 2.31. The third kappa shape index (κ3) is 4.52. The molecular weight excluding hydrogens is 426 g/mol. The standard InChI is InChI=1S/C19H27N5O4S2/c1-30(27,28)22-10-8-14(9-11-22)18-21-23(13-16(25)20-15-5-2-3-6-15)19(26)24(18)17-7-4-12-29-17/h4,7,12,14-15H,2-3,5-6,8-11,13H2,1H3,(H,20,25). The molecule has 0 bridgehead atoms. The minimum absolute atomic E-state index is 0.0445. The van der Waals surface area contributed by atoms with Crippen molar-refractivity contribution in [1.82, 2.24) is 24.0 Å². The lowest BCUT2D eigenvalue weighted by molar-refractivity contribution is -0.122. The van der Waals surface area contributed by atoms with E-state index in [0.717, 1.165) is 30.7 Å². The number of thiophene rings is 1. The molecular formula is C19H27N5O4S2. The number of piperidine rings is 1. The normalized spacial score (nSPS) is 19.4. The molecule has 1 N–H and O–H groups in total. The van der Waals surface area contributed by atoms with Crippen LogP contribution in [0.3, 0.4) is 0 Å². The summed E-state index contributed by atoms with van der Waals surface area (Å²) in [5.74, 6) is 0.361. The van der Waals surface area contributed by atoms with Crippen LogP contribution in [0.1, 0.15) is 50.3 Å². The highest BCUT2D eigenvalue weighted by atomic mass is 32.2. The van der Waals surface area contributed by atoms with Crippen LogP contribution < -0.4 is 11.0 Å². The topological polar surface area (TPSA) is 106 Å². The zero-order valence-corrected chi connectivity index (χ0v) is 18.6. The van der Waals surface area contributed by atoms with Crippen molar-refractivity contribution in [2.24, 2.45) is 0 Å². The van der Waals surface area contributed by atoms with E-state index in [9.17, 15) is 18.0 Å². The van der Waals surface area contributed by atoms with Gasteiger partial charge in [-0.15, -0.1) is 11.3 Å². The van der Waals surface area contributed by atoms with Gasteiger partial charge in [-0.3, -0.25) is 4.79 Å². The number of hydrogen-bond acceptors (Lipinski definition) is 6. The van der Waals surface area contributed by atoms with Gasteiger partial charge in [-0.2, -0.15) is 5.10 Å². The van der Waals surface area contributed by atoms with Crippen LogP contribution in [0, 0.1) is 0 Å². The summed E-state index contributed by atoms with van der Waals surface area (Å²) in [6, 6.07) is 3.91. The van der Waals surface area contributed by atoms with Gasteiger partial charge in [-0.1, -0.05) is 12.8 Å². The molecule has 164 valence electrons. The molecule has 0 radical (unpaired) electrons. The highest BCUT2D eigenvalue weighted by molar-refractivity contribution is 7.88. The highest BCUT2D eigenvalue weighted by Crippen LogP contribution is 2.29. The lowest BCUT2D eigenvalue weighted by Gasteiger charge is -2.29. The van der Waals surface area contributed by atoms with Crippen molar-refractivity contribution in [2.45, 2.75) is 57.0 Å². The van der Waals surface area contributed by atoms with Crippen molar-refractivity contribution in [1.29, 1.82) is 0 Å². The fourth-order valence-corrected chi connectivity index (χ4v) is 5.93. The van der Waals surface area contributed by atoms with Gasteiger partial charge in [-0.05, 0) is 43.2 Å². The van der Waals surface area contributed by atoms with Gasteiger partial charge in [0.2, 0.25) is 15.9 Å². The van der Waals surface area contributed by atoms with E-state index in [1.165, 1.54) is 26.6 Å². The quantitative estimate of drug-likeness (QED) is 0.709. The lowest BCUT2D eigenvalue weighted by Crippen LogP contribution is -2.38. The second-order valence-corrected chi connectivity index (χ2v) is 11.0. The molecule has 1 aliphatic carbocycles. The van der Waals surface area contributed by atoms with Crippen molar-refractivity contribution in [3.63, 3.8) is 0 Å². The Kier molecular flexibility index (Phi) is 6.12. The van der Waals surface area contributed by atoms with Gasteiger partial charge in [0.15, 0.2) is 0 Å². The maximum Gasteiger partial charge on any atom is 0.351 e. The Morgan fingerprint density at radius 3 is 2.53 bits per heavy atom. The summed E-state index contributed by atoms with van der Waals surface area (Å²) >= 11 is 1.43. The van der Waals surface area contributed by atoms with Crippen molar-refractivity contribution < 1.29 is 13.2 Å². The van der Waals surface area contributed by atoms with Gasteiger partial charge in [0.25, 0.3) is 0 Å². The molecule has 0 unspecified atom stereocenters. The van der Waals surface area contributed by atoms with E-state index in [2.05, 4.69) is 10.4 Å². The third-order valence-corrected chi connectivity index (χ3v) is 8.05. The van der Waals surface area contributed by atoms with Crippen LogP contribution in [0.4, 0.5) is 0 Å². The van der Waals surface area contributed by atoms with Crippen molar-refractivity contribution in [3.05, 3.63) is 33.8 Å². The summed E-state index contributed by atoms with van der Waals surface area (Å²) in [6.07, 6.45) is 6.59. The first kappa shape index (κ1) is 21.3. The van der Waals surface area contributed by atoms with Gasteiger partial charge >= 0.3 is 5.69 Å². The van der Waals surface area contributed by atoms with E-state index < -0.39 is 10.0 Å². The average Bonchev–Trinajstić information content (AvgIpc) is 3.44. The van der Waals surface area contributed by atoms with Crippen LogP contribution in [0.2, 0.25) is 0 Å². The fraction of sp³-hybridized carbons (Fsp3) is 0.632. The fourth-order valence-electron chi connectivity index (χ4n) is 4.32. The molecule has 30 heavy (non-hydrogen) atoms. The van der Waals surface area contributed by atoms with Crippen molar-refractivity contribution in [2.75, 3.05) is 19.3 Å². The van der Waals surface area contributed by atoms with Gasteiger partial charge in [-0.25, -0.2) is 26.8 Å². The molecule has 4 rings (SSSR count). The maximum atomic E-state index is 13.1. The minimum atomic E-state index is -3.23. The molecule has 9 nitrogen and oxygen atoms in total. The van der Waals surface area contributed by atoms with Crippen LogP contribution in [0.15, 0.2) is 22.3 Å². The van der Waals surface area contributed by atoms with E-state index in [0.29, 0.717) is 31.8 Å². The lowest BCUT2D eigenvalue weighted by atomic mass is 9.97. The first-order valence-electron chi connectivity index (χ1n) is 10.3. The van der Waals surface area contributed by atoms with Gasteiger partial charge < -0.3 is 5.32 Å². The molecule has 1 saturated carbocycles. The number of aromatic nitrogens is 3. The summed E-state index contributed by atoms with van der Waals surface area (Å²) in [7, 11) is -3.23. The molecule has 1 amide bonds. The summed E-state index contributed by atoms with van der Waals surface area (Å²) < 4.78 is 27.9. The van der Waals surface area contributed by atoms with Crippen molar-refractivity contribution in [3.8, 4) is 5.00 Å². The van der Waals surface area contributed by atoms with Crippen LogP contribution in [0.25, 0.3) is 5.00 Å². The predicted octanol–water partition coefficient (Wildman–Crippen LogP) is 1.29.